The summed E-state index contributed by atoms with van der Waals surface area (Å²) in [4.78, 5) is 15.3. The number of nitrogens with one attached hydrogen (secondary N) is 1. The topological polar surface area (TPSA) is 42.1 Å². The third-order valence-corrected chi connectivity index (χ3v) is 6.36. The maximum atomic E-state index is 11.9. The molecule has 0 saturated heterocycles. The average Bonchev–Trinajstić information content (AvgIpc) is 3.38. The minimum absolute atomic E-state index is 0.0429. The molecule has 1 aromatic heterocycles. The number of benzene rings is 3. The van der Waals surface area contributed by atoms with Crippen molar-refractivity contribution in [2.45, 2.75) is 12.3 Å². The molecule has 154 valence electrons. The molecular formula is C26H19Cl2NO2. The predicted molar refractivity (Wildman–Crippen MR) is 126 cm³/mol. The van der Waals surface area contributed by atoms with Crippen molar-refractivity contribution in [3.05, 3.63) is 111 Å². The molecule has 1 heterocycles. The van der Waals surface area contributed by atoms with Crippen LogP contribution in [0, 0.1) is 0 Å². The molecule has 3 aromatic carbocycles. The summed E-state index contributed by atoms with van der Waals surface area (Å²) in [7, 11) is 1.39. The van der Waals surface area contributed by atoms with Gasteiger partial charge in [0.25, 0.3) is 0 Å². The lowest BCUT2D eigenvalue weighted by molar-refractivity contribution is 0.0600. The van der Waals surface area contributed by atoms with Gasteiger partial charge < -0.3 is 9.72 Å². The Morgan fingerprint density at radius 3 is 2.52 bits per heavy atom. The fraction of sp³-hybridized carbons (Fsp3) is 0.115. The van der Waals surface area contributed by atoms with Crippen LogP contribution in [0.4, 0.5) is 0 Å². The highest BCUT2D eigenvalue weighted by Crippen LogP contribution is 2.45. The number of ether oxygens (including phenoxy) is 1. The molecule has 1 aliphatic rings. The van der Waals surface area contributed by atoms with Crippen molar-refractivity contribution >= 4 is 45.6 Å². The van der Waals surface area contributed by atoms with Gasteiger partial charge in [0.1, 0.15) is 0 Å². The first-order valence-corrected chi connectivity index (χ1v) is 10.7. The van der Waals surface area contributed by atoms with Gasteiger partial charge in [-0.2, -0.15) is 0 Å². The summed E-state index contributed by atoms with van der Waals surface area (Å²) < 4.78 is 4.85. The number of methoxy groups -OCH3 is 1. The Morgan fingerprint density at radius 2 is 1.74 bits per heavy atom. The fourth-order valence-electron chi connectivity index (χ4n) is 4.41. The highest BCUT2D eigenvalue weighted by Gasteiger charge is 2.27. The molecule has 31 heavy (non-hydrogen) atoms. The van der Waals surface area contributed by atoms with Gasteiger partial charge >= 0.3 is 5.97 Å². The smallest absolute Gasteiger partial charge is 0.337 e. The molecule has 1 unspecified atom stereocenters. The lowest BCUT2D eigenvalue weighted by Crippen LogP contribution is -2.05. The number of H-pyrrole nitrogens is 1. The van der Waals surface area contributed by atoms with Crippen molar-refractivity contribution in [1.29, 1.82) is 0 Å². The highest BCUT2D eigenvalue weighted by molar-refractivity contribution is 6.31. The van der Waals surface area contributed by atoms with E-state index >= 15 is 0 Å². The number of rotatable bonds is 4. The van der Waals surface area contributed by atoms with E-state index in [2.05, 4.69) is 17.1 Å². The molecule has 1 atom stereocenters. The van der Waals surface area contributed by atoms with Crippen LogP contribution in [0.5, 0.6) is 0 Å². The van der Waals surface area contributed by atoms with Gasteiger partial charge in [-0.1, -0.05) is 47.5 Å². The van der Waals surface area contributed by atoms with Crippen LogP contribution in [-0.4, -0.2) is 18.1 Å². The molecule has 3 nitrogen and oxygen atoms in total. The Labute approximate surface area is 190 Å². The van der Waals surface area contributed by atoms with Crippen LogP contribution in [0.15, 0.2) is 72.9 Å². The lowest BCUT2D eigenvalue weighted by atomic mass is 9.82. The second-order valence-corrected chi connectivity index (χ2v) is 8.52. The van der Waals surface area contributed by atoms with Crippen LogP contribution in [0.25, 0.3) is 16.5 Å². The SMILES string of the molecule is COC(=O)c1ccc(C(C2=CCc3ccc(Cl)cc32)c2c[nH]c3ccc(Cl)cc23)cc1. The minimum Gasteiger partial charge on any atom is -0.465 e. The molecule has 1 aliphatic carbocycles. The molecular weight excluding hydrogens is 429 g/mol. The van der Waals surface area contributed by atoms with Crippen LogP contribution in [0.3, 0.4) is 0 Å². The third kappa shape index (κ3) is 3.54. The Balaban J connectivity index is 1.70. The average molecular weight is 448 g/mol. The molecule has 5 rings (SSSR count). The van der Waals surface area contributed by atoms with Gasteiger partial charge in [0.05, 0.1) is 12.7 Å². The van der Waals surface area contributed by atoms with Gasteiger partial charge in [0, 0.05) is 33.1 Å². The number of allylic oxidation sites excluding steroid dienone is 2. The van der Waals surface area contributed by atoms with E-state index in [4.69, 9.17) is 27.9 Å². The van der Waals surface area contributed by atoms with Gasteiger partial charge in [0.2, 0.25) is 0 Å². The second kappa shape index (κ2) is 7.92. The van der Waals surface area contributed by atoms with Crippen molar-refractivity contribution in [2.75, 3.05) is 7.11 Å². The van der Waals surface area contributed by atoms with E-state index in [1.54, 1.807) is 0 Å². The summed E-state index contributed by atoms with van der Waals surface area (Å²) in [5.74, 6) is -0.391. The standard InChI is InChI=1S/C26H19Cl2NO2/c1-31-26(30)17-4-2-16(3-5-17)25(20-10-7-15-6-8-18(27)12-21(15)20)23-14-29-24-11-9-19(28)13-22(23)24/h2-6,8-14,25,29H,7H2,1H3. The first-order valence-electron chi connectivity index (χ1n) is 9.99. The van der Waals surface area contributed by atoms with Crippen LogP contribution >= 0.6 is 23.2 Å². The Hall–Kier alpha value is -3.01. The van der Waals surface area contributed by atoms with Gasteiger partial charge in [0.15, 0.2) is 0 Å². The lowest BCUT2D eigenvalue weighted by Gasteiger charge is -2.21. The molecule has 4 aromatic rings. The summed E-state index contributed by atoms with van der Waals surface area (Å²) in [5, 5.41) is 2.48. The van der Waals surface area contributed by atoms with Crippen LogP contribution in [0.1, 0.15) is 38.5 Å². The number of aromatic nitrogens is 1. The van der Waals surface area contributed by atoms with Crippen molar-refractivity contribution in [1.82, 2.24) is 4.98 Å². The molecule has 0 aliphatic heterocycles. The molecule has 0 saturated carbocycles. The van der Waals surface area contributed by atoms with Crippen molar-refractivity contribution in [3.8, 4) is 0 Å². The summed E-state index contributed by atoms with van der Waals surface area (Å²) in [6.07, 6.45) is 5.17. The minimum atomic E-state index is -0.348. The molecule has 0 spiro atoms. The number of esters is 1. The Morgan fingerprint density at radius 1 is 1.00 bits per heavy atom. The first kappa shape index (κ1) is 19.9. The monoisotopic (exact) mass is 447 g/mol. The van der Waals surface area contributed by atoms with Gasteiger partial charge in [-0.15, -0.1) is 0 Å². The van der Waals surface area contributed by atoms with Crippen LogP contribution in [0.2, 0.25) is 10.0 Å². The number of hydrogen-bond acceptors (Lipinski definition) is 2. The zero-order valence-corrected chi connectivity index (χ0v) is 18.3. The van der Waals surface area contributed by atoms with Crippen molar-refractivity contribution < 1.29 is 9.53 Å². The largest absolute Gasteiger partial charge is 0.465 e. The zero-order chi connectivity index (χ0) is 21.5. The van der Waals surface area contributed by atoms with Gasteiger partial charge in [-0.25, -0.2) is 4.79 Å². The molecule has 0 radical (unpaired) electrons. The van der Waals surface area contributed by atoms with Crippen LogP contribution < -0.4 is 0 Å². The Kier molecular flexibility index (Phi) is 5.09. The van der Waals surface area contributed by atoms with Crippen molar-refractivity contribution in [2.24, 2.45) is 0 Å². The molecule has 0 amide bonds. The van der Waals surface area contributed by atoms with E-state index in [0.717, 1.165) is 34.0 Å². The molecule has 1 N–H and O–H groups in total. The first-order chi connectivity index (χ1) is 15.0. The summed E-state index contributed by atoms with van der Waals surface area (Å²) in [6, 6.07) is 19.5. The summed E-state index contributed by atoms with van der Waals surface area (Å²) in [5.41, 5.74) is 7.37. The van der Waals surface area contributed by atoms with E-state index in [1.165, 1.54) is 18.2 Å². The maximum absolute atomic E-state index is 11.9. The highest BCUT2D eigenvalue weighted by atomic mass is 35.5. The van der Waals surface area contributed by atoms with Crippen LogP contribution in [-0.2, 0) is 11.2 Å². The van der Waals surface area contributed by atoms with E-state index in [9.17, 15) is 4.79 Å². The number of carbonyl (C=O) groups is 1. The number of halogens is 2. The summed E-state index contributed by atoms with van der Waals surface area (Å²) in [6.45, 7) is 0. The molecule has 0 fully saturated rings. The quantitative estimate of drug-likeness (QED) is 0.341. The van der Waals surface area contributed by atoms with E-state index < -0.39 is 0 Å². The predicted octanol–water partition coefficient (Wildman–Crippen LogP) is 7.03. The van der Waals surface area contributed by atoms with Gasteiger partial charge in [-0.05, 0) is 76.7 Å². The normalized spacial score (nSPS) is 13.7. The molecule has 0 bridgehead atoms. The third-order valence-electron chi connectivity index (χ3n) is 5.89. The fourth-order valence-corrected chi connectivity index (χ4v) is 4.75. The maximum Gasteiger partial charge on any atom is 0.337 e. The van der Waals surface area contributed by atoms with E-state index in [0.29, 0.717) is 15.6 Å². The Bertz CT molecular complexity index is 1340. The second-order valence-electron chi connectivity index (χ2n) is 7.65. The number of fused-ring (bicyclic) bond motifs is 2. The number of aromatic amines is 1. The van der Waals surface area contributed by atoms with Crippen molar-refractivity contribution in [3.63, 3.8) is 0 Å². The molecule has 5 heteroatoms. The zero-order valence-electron chi connectivity index (χ0n) is 16.8. The number of carbonyl (C=O) groups excluding carboxylic acids is 1. The number of hydrogen-bond donors (Lipinski definition) is 1. The van der Waals surface area contributed by atoms with E-state index in [-0.39, 0.29) is 11.9 Å². The van der Waals surface area contributed by atoms with Gasteiger partial charge in [-0.3, -0.25) is 0 Å². The summed E-state index contributed by atoms with van der Waals surface area (Å²) >= 11 is 12.7. The van der Waals surface area contributed by atoms with E-state index in [1.807, 2.05) is 60.8 Å².